The fourth-order valence-electron chi connectivity index (χ4n) is 2.33. The van der Waals surface area contributed by atoms with Crippen molar-refractivity contribution in [3.05, 3.63) is 29.3 Å². The normalized spacial score (nSPS) is 12.5. The van der Waals surface area contributed by atoms with Gasteiger partial charge < -0.3 is 15.4 Å². The molecule has 0 aliphatic carbocycles. The Balaban J connectivity index is 2.83. The molecule has 1 rings (SSSR count). The molecule has 0 saturated heterocycles. The number of methoxy groups -OCH3 is 1. The first-order valence-electron chi connectivity index (χ1n) is 6.59. The molecule has 1 atom stereocenters. The lowest BCUT2D eigenvalue weighted by Crippen LogP contribution is -2.36. The van der Waals surface area contributed by atoms with E-state index in [1.807, 2.05) is 0 Å². The predicted octanol–water partition coefficient (Wildman–Crippen LogP) is 2.49. The number of anilines is 1. The van der Waals surface area contributed by atoms with E-state index >= 15 is 0 Å². The van der Waals surface area contributed by atoms with Crippen molar-refractivity contribution in [2.75, 3.05) is 32.2 Å². The average Bonchev–Trinajstić information content (AvgIpc) is 2.33. The van der Waals surface area contributed by atoms with Crippen LogP contribution in [-0.2, 0) is 4.74 Å². The molecule has 0 aromatic heterocycles. The van der Waals surface area contributed by atoms with Crippen LogP contribution in [0.25, 0.3) is 0 Å². The number of hydrogen-bond donors (Lipinski definition) is 1. The predicted molar refractivity (Wildman–Crippen MR) is 78.3 cm³/mol. The molecule has 0 aliphatic heterocycles. The van der Waals surface area contributed by atoms with Crippen LogP contribution in [-0.4, -0.2) is 33.4 Å². The Morgan fingerprint density at radius 2 is 2.06 bits per heavy atom. The van der Waals surface area contributed by atoms with Crippen molar-refractivity contribution < 1.29 is 4.74 Å². The Bertz CT molecular complexity index is 366. The highest BCUT2D eigenvalue weighted by Gasteiger charge is 2.16. The van der Waals surface area contributed by atoms with Gasteiger partial charge in [-0.1, -0.05) is 17.7 Å². The molecule has 3 nitrogen and oxygen atoms in total. The van der Waals surface area contributed by atoms with Gasteiger partial charge in [0.1, 0.15) is 0 Å². The lowest BCUT2D eigenvalue weighted by atomic mass is 10.1. The number of benzene rings is 1. The molecule has 2 N–H and O–H groups in total. The lowest BCUT2D eigenvalue weighted by molar-refractivity contribution is 0.174. The van der Waals surface area contributed by atoms with Crippen molar-refractivity contribution >= 4 is 5.69 Å². The van der Waals surface area contributed by atoms with Crippen molar-refractivity contribution in [2.24, 2.45) is 5.73 Å². The molecule has 0 fully saturated rings. The molecule has 3 heteroatoms. The zero-order valence-corrected chi connectivity index (χ0v) is 12.1. The highest BCUT2D eigenvalue weighted by Crippen LogP contribution is 2.23. The van der Waals surface area contributed by atoms with Crippen molar-refractivity contribution in [3.8, 4) is 0 Å². The molecule has 0 heterocycles. The third-order valence-electron chi connectivity index (χ3n) is 3.38. The molecule has 1 aromatic rings. The second kappa shape index (κ2) is 7.39. The van der Waals surface area contributed by atoms with Gasteiger partial charge in [-0.25, -0.2) is 0 Å². The van der Waals surface area contributed by atoms with Crippen molar-refractivity contribution in [2.45, 2.75) is 32.7 Å². The summed E-state index contributed by atoms with van der Waals surface area (Å²) in [6.07, 6.45) is 2.09. The van der Waals surface area contributed by atoms with E-state index in [1.165, 1.54) is 16.8 Å². The summed E-state index contributed by atoms with van der Waals surface area (Å²) in [6, 6.07) is 6.96. The maximum atomic E-state index is 5.60. The summed E-state index contributed by atoms with van der Waals surface area (Å²) in [5.41, 5.74) is 9.49. The second-order valence-corrected chi connectivity index (χ2v) is 4.94. The van der Waals surface area contributed by atoms with Crippen LogP contribution in [0.15, 0.2) is 18.2 Å². The highest BCUT2D eigenvalue weighted by molar-refractivity contribution is 5.54. The zero-order chi connectivity index (χ0) is 13.5. The van der Waals surface area contributed by atoms with Crippen LogP contribution in [0.4, 0.5) is 5.69 Å². The van der Waals surface area contributed by atoms with E-state index in [-0.39, 0.29) is 0 Å². The summed E-state index contributed by atoms with van der Waals surface area (Å²) in [7, 11) is 3.89. The topological polar surface area (TPSA) is 38.5 Å². The fourth-order valence-corrected chi connectivity index (χ4v) is 2.33. The Morgan fingerprint density at radius 1 is 1.33 bits per heavy atom. The molecular formula is C15H26N2O. The van der Waals surface area contributed by atoms with Crippen LogP contribution in [0.1, 0.15) is 24.0 Å². The number of rotatable bonds is 7. The molecule has 1 aromatic carbocycles. The van der Waals surface area contributed by atoms with Gasteiger partial charge in [-0.05, 0) is 44.9 Å². The van der Waals surface area contributed by atoms with E-state index in [9.17, 15) is 0 Å². The molecule has 0 spiro atoms. The number of nitrogens with two attached hydrogens (primary N) is 1. The van der Waals surface area contributed by atoms with E-state index in [2.05, 4.69) is 44.0 Å². The van der Waals surface area contributed by atoms with Crippen molar-refractivity contribution in [1.82, 2.24) is 0 Å². The van der Waals surface area contributed by atoms with Crippen molar-refractivity contribution in [1.29, 1.82) is 0 Å². The summed E-state index contributed by atoms with van der Waals surface area (Å²) >= 11 is 0. The largest absolute Gasteiger partial charge is 0.383 e. The summed E-state index contributed by atoms with van der Waals surface area (Å²) in [5, 5.41) is 0. The summed E-state index contributed by atoms with van der Waals surface area (Å²) in [5.74, 6) is 0. The maximum Gasteiger partial charge on any atom is 0.0666 e. The van der Waals surface area contributed by atoms with Crippen LogP contribution in [0, 0.1) is 13.8 Å². The molecule has 0 saturated carbocycles. The van der Waals surface area contributed by atoms with Gasteiger partial charge in [0.15, 0.2) is 0 Å². The monoisotopic (exact) mass is 250 g/mol. The van der Waals surface area contributed by atoms with Crippen LogP contribution >= 0.6 is 0 Å². The summed E-state index contributed by atoms with van der Waals surface area (Å²) < 4.78 is 5.32. The average molecular weight is 250 g/mol. The Kier molecular flexibility index (Phi) is 6.16. The zero-order valence-electron chi connectivity index (χ0n) is 12.1. The van der Waals surface area contributed by atoms with E-state index in [4.69, 9.17) is 10.5 Å². The first-order chi connectivity index (χ1) is 8.60. The van der Waals surface area contributed by atoms with Gasteiger partial charge in [0, 0.05) is 19.8 Å². The molecule has 1 unspecified atom stereocenters. The van der Waals surface area contributed by atoms with Gasteiger partial charge in [-0.3, -0.25) is 0 Å². The third-order valence-corrected chi connectivity index (χ3v) is 3.38. The van der Waals surface area contributed by atoms with Gasteiger partial charge in [-0.15, -0.1) is 0 Å². The smallest absolute Gasteiger partial charge is 0.0666 e. The first kappa shape index (κ1) is 15.0. The Labute approximate surface area is 111 Å². The fraction of sp³-hybridized carbons (Fsp3) is 0.600. The second-order valence-electron chi connectivity index (χ2n) is 4.94. The maximum absolute atomic E-state index is 5.60. The Hall–Kier alpha value is -1.06. The lowest BCUT2D eigenvalue weighted by Gasteiger charge is -2.31. The van der Waals surface area contributed by atoms with Gasteiger partial charge >= 0.3 is 0 Å². The quantitative estimate of drug-likeness (QED) is 0.808. The van der Waals surface area contributed by atoms with Gasteiger partial charge in [0.25, 0.3) is 0 Å². The Morgan fingerprint density at radius 3 is 2.61 bits per heavy atom. The standard InChI is InChI=1S/C15H26N2O/c1-12-7-8-15(13(2)10-12)17(3)14(11-18-4)6-5-9-16/h7-8,10,14H,5-6,9,11,16H2,1-4H3. The van der Waals surface area contributed by atoms with E-state index in [0.717, 1.165) is 26.0 Å². The number of nitrogens with zero attached hydrogens (tertiary/aromatic N) is 1. The molecule has 0 radical (unpaired) electrons. The molecule has 18 heavy (non-hydrogen) atoms. The van der Waals surface area contributed by atoms with Crippen LogP contribution < -0.4 is 10.6 Å². The molecule has 0 aliphatic rings. The third kappa shape index (κ3) is 4.00. The molecular weight excluding hydrogens is 224 g/mol. The van der Waals surface area contributed by atoms with Gasteiger partial charge in [0.05, 0.1) is 12.6 Å². The highest BCUT2D eigenvalue weighted by atomic mass is 16.5. The SMILES string of the molecule is COCC(CCCN)N(C)c1ccc(C)cc1C. The number of likely N-dealkylation sites (N-methyl/N-ethyl adjacent to an activating group) is 1. The minimum absolute atomic E-state index is 0.389. The minimum atomic E-state index is 0.389. The van der Waals surface area contributed by atoms with Gasteiger partial charge in [0.2, 0.25) is 0 Å². The summed E-state index contributed by atoms with van der Waals surface area (Å²) in [6.45, 7) is 5.76. The van der Waals surface area contributed by atoms with Crippen LogP contribution in [0.3, 0.4) is 0 Å². The molecule has 0 amide bonds. The summed E-state index contributed by atoms with van der Waals surface area (Å²) in [4.78, 5) is 2.31. The molecule has 0 bridgehead atoms. The van der Waals surface area contributed by atoms with E-state index < -0.39 is 0 Å². The minimum Gasteiger partial charge on any atom is -0.383 e. The molecule has 102 valence electrons. The van der Waals surface area contributed by atoms with Crippen LogP contribution in [0.2, 0.25) is 0 Å². The van der Waals surface area contributed by atoms with Crippen LogP contribution in [0.5, 0.6) is 0 Å². The van der Waals surface area contributed by atoms with E-state index in [0.29, 0.717) is 6.04 Å². The van der Waals surface area contributed by atoms with Gasteiger partial charge in [-0.2, -0.15) is 0 Å². The number of aryl methyl sites for hydroxylation is 2. The van der Waals surface area contributed by atoms with E-state index in [1.54, 1.807) is 7.11 Å². The number of hydrogen-bond acceptors (Lipinski definition) is 3. The first-order valence-corrected chi connectivity index (χ1v) is 6.59. The van der Waals surface area contributed by atoms with Crippen molar-refractivity contribution in [3.63, 3.8) is 0 Å². The number of ether oxygens (including phenoxy) is 1.